The molecule has 0 aliphatic rings. The molecule has 0 bridgehead atoms. The summed E-state index contributed by atoms with van der Waals surface area (Å²) in [5.74, 6) is 0.222. The molecule has 31 heavy (non-hydrogen) atoms. The molecule has 0 spiro atoms. The van der Waals surface area contributed by atoms with Gasteiger partial charge in [0, 0.05) is 28.2 Å². The van der Waals surface area contributed by atoms with Gasteiger partial charge in [0.05, 0.1) is 0 Å². The van der Waals surface area contributed by atoms with Gasteiger partial charge < -0.3 is 10.1 Å². The predicted molar refractivity (Wildman–Crippen MR) is 133 cm³/mol. The Morgan fingerprint density at radius 3 is 2.23 bits per heavy atom. The Morgan fingerprint density at radius 1 is 0.839 bits per heavy atom. The van der Waals surface area contributed by atoms with Gasteiger partial charge in [-0.25, -0.2) is 0 Å². The van der Waals surface area contributed by atoms with Crippen LogP contribution in [0.25, 0.3) is 28.3 Å². The van der Waals surface area contributed by atoms with Gasteiger partial charge in [-0.2, -0.15) is 0 Å². The largest absolute Gasteiger partial charge is 0.507 e. The van der Waals surface area contributed by atoms with E-state index in [9.17, 15) is 5.11 Å². The summed E-state index contributed by atoms with van der Waals surface area (Å²) in [5, 5.41) is 11.9. The Hall–Kier alpha value is -4.04. The van der Waals surface area contributed by atoms with Crippen molar-refractivity contribution in [3.05, 3.63) is 138 Å². The maximum Gasteiger partial charge on any atom is 0.123 e. The molecule has 2 nitrogen and oxygen atoms in total. The third-order valence-electron chi connectivity index (χ3n) is 5.23. The van der Waals surface area contributed by atoms with Crippen molar-refractivity contribution >= 4 is 28.3 Å². The fourth-order valence-corrected chi connectivity index (χ4v) is 3.65. The normalized spacial score (nSPS) is 12.5. The van der Waals surface area contributed by atoms with Crippen molar-refractivity contribution in [2.75, 3.05) is 0 Å². The van der Waals surface area contributed by atoms with E-state index in [1.807, 2.05) is 79.0 Å². The van der Waals surface area contributed by atoms with Gasteiger partial charge in [0.25, 0.3) is 0 Å². The summed E-state index contributed by atoms with van der Waals surface area (Å²) in [6.45, 7) is 6.34. The van der Waals surface area contributed by atoms with Gasteiger partial charge in [0.1, 0.15) is 5.76 Å². The average molecular weight is 404 g/mol. The van der Waals surface area contributed by atoms with E-state index in [1.165, 1.54) is 10.9 Å². The van der Waals surface area contributed by atoms with Crippen molar-refractivity contribution in [1.82, 2.24) is 4.98 Å². The topological polar surface area (TPSA) is 36.0 Å². The van der Waals surface area contributed by atoms with Crippen LogP contribution in [-0.2, 0) is 0 Å². The lowest BCUT2D eigenvalue weighted by molar-refractivity contribution is 0.512. The number of nitrogens with one attached hydrogen (secondary N) is 1. The molecule has 2 N–H and O–H groups in total. The van der Waals surface area contributed by atoms with Crippen LogP contribution in [0.4, 0.5) is 0 Å². The van der Waals surface area contributed by atoms with Crippen LogP contribution in [0.15, 0.2) is 115 Å². The molecule has 152 valence electrons. The Bertz CT molecular complexity index is 1290. The molecule has 0 aliphatic heterocycles. The molecule has 1 aromatic heterocycles. The lowest BCUT2D eigenvalue weighted by Gasteiger charge is -2.06. The smallest absolute Gasteiger partial charge is 0.123 e. The van der Waals surface area contributed by atoms with E-state index in [0.29, 0.717) is 0 Å². The summed E-state index contributed by atoms with van der Waals surface area (Å²) >= 11 is 0. The zero-order valence-electron chi connectivity index (χ0n) is 17.5. The van der Waals surface area contributed by atoms with Gasteiger partial charge in [-0.05, 0) is 47.4 Å². The molecule has 1 heterocycles. The molecule has 0 amide bonds. The molecule has 3 aromatic carbocycles. The van der Waals surface area contributed by atoms with E-state index in [-0.39, 0.29) is 5.76 Å². The van der Waals surface area contributed by atoms with Crippen LogP contribution >= 0.6 is 0 Å². The first-order valence-corrected chi connectivity index (χ1v) is 10.3. The molecule has 2 heteroatoms. The number of aromatic nitrogens is 1. The number of rotatable bonds is 6. The van der Waals surface area contributed by atoms with Gasteiger partial charge >= 0.3 is 0 Å². The van der Waals surface area contributed by atoms with Gasteiger partial charge in [-0.1, -0.05) is 91.5 Å². The fourth-order valence-electron chi connectivity index (χ4n) is 3.65. The van der Waals surface area contributed by atoms with Crippen molar-refractivity contribution in [1.29, 1.82) is 0 Å². The molecule has 0 saturated heterocycles. The second-order valence-corrected chi connectivity index (χ2v) is 7.51. The Balaban J connectivity index is 1.67. The highest BCUT2D eigenvalue weighted by Crippen LogP contribution is 2.25. The van der Waals surface area contributed by atoms with Crippen LogP contribution < -0.4 is 0 Å². The van der Waals surface area contributed by atoms with Crippen molar-refractivity contribution in [2.45, 2.75) is 6.92 Å². The standard InChI is InChI=1S/C29H25NO/c1-21(16-17-25-20-30-27-15-9-10-22(2)29(25)27)18-26(23-11-5-3-6-12-23)19-28(31)24-13-7-4-8-14-24/h3-20,30-31H,1H2,2H3/b17-16+,26-18+,28-19-. The summed E-state index contributed by atoms with van der Waals surface area (Å²) in [4.78, 5) is 3.32. The van der Waals surface area contributed by atoms with Crippen LogP contribution in [-0.4, -0.2) is 10.1 Å². The van der Waals surface area contributed by atoms with E-state index in [4.69, 9.17) is 0 Å². The number of allylic oxidation sites excluding steroid dienone is 5. The highest BCUT2D eigenvalue weighted by Gasteiger charge is 2.05. The van der Waals surface area contributed by atoms with Gasteiger partial charge in [-0.3, -0.25) is 0 Å². The van der Waals surface area contributed by atoms with E-state index < -0.39 is 0 Å². The highest BCUT2D eigenvalue weighted by atomic mass is 16.3. The second kappa shape index (κ2) is 9.19. The van der Waals surface area contributed by atoms with Crippen molar-refractivity contribution in [2.24, 2.45) is 0 Å². The van der Waals surface area contributed by atoms with E-state index >= 15 is 0 Å². The maximum atomic E-state index is 10.7. The maximum absolute atomic E-state index is 10.7. The molecule has 0 aliphatic carbocycles. The van der Waals surface area contributed by atoms with E-state index in [0.717, 1.165) is 33.4 Å². The molecular formula is C29H25NO. The Morgan fingerprint density at radius 2 is 1.52 bits per heavy atom. The number of aryl methyl sites for hydroxylation is 1. The quantitative estimate of drug-likeness (QED) is 0.251. The first kappa shape index (κ1) is 20.2. The number of aromatic amines is 1. The van der Waals surface area contributed by atoms with E-state index in [2.05, 4.69) is 42.8 Å². The third kappa shape index (κ3) is 4.76. The van der Waals surface area contributed by atoms with Crippen molar-refractivity contribution in [3.63, 3.8) is 0 Å². The highest BCUT2D eigenvalue weighted by molar-refractivity contribution is 5.92. The summed E-state index contributed by atoms with van der Waals surface area (Å²) in [6.07, 6.45) is 9.88. The number of aliphatic hydroxyl groups excluding tert-OH is 1. The first-order valence-electron chi connectivity index (χ1n) is 10.3. The van der Waals surface area contributed by atoms with Crippen molar-refractivity contribution < 1.29 is 5.11 Å². The van der Waals surface area contributed by atoms with Crippen LogP contribution in [0.5, 0.6) is 0 Å². The zero-order valence-corrected chi connectivity index (χ0v) is 17.5. The lowest BCUT2D eigenvalue weighted by Crippen LogP contribution is -1.87. The summed E-state index contributed by atoms with van der Waals surface area (Å²) in [6, 6.07) is 25.8. The number of H-pyrrole nitrogens is 1. The van der Waals surface area contributed by atoms with Gasteiger partial charge in [0.15, 0.2) is 0 Å². The minimum absolute atomic E-state index is 0.222. The number of fused-ring (bicyclic) bond motifs is 1. The molecule has 0 saturated carbocycles. The molecule has 4 aromatic rings. The molecule has 0 atom stereocenters. The minimum atomic E-state index is 0.222. The van der Waals surface area contributed by atoms with Gasteiger partial charge in [-0.15, -0.1) is 0 Å². The predicted octanol–water partition coefficient (Wildman–Crippen LogP) is 7.73. The first-order chi connectivity index (χ1) is 15.1. The molecule has 0 unspecified atom stereocenters. The summed E-state index contributed by atoms with van der Waals surface area (Å²) in [5.41, 5.74) is 7.03. The molecule has 0 fully saturated rings. The number of hydrogen-bond acceptors (Lipinski definition) is 1. The summed E-state index contributed by atoms with van der Waals surface area (Å²) in [7, 11) is 0. The van der Waals surface area contributed by atoms with Gasteiger partial charge in [0.2, 0.25) is 0 Å². The Kier molecular flexibility index (Phi) is 6.00. The average Bonchev–Trinajstić information content (AvgIpc) is 3.23. The lowest BCUT2D eigenvalue weighted by atomic mass is 10.0. The number of hydrogen-bond donors (Lipinski definition) is 2. The van der Waals surface area contributed by atoms with Crippen LogP contribution in [0, 0.1) is 6.92 Å². The second-order valence-electron chi connectivity index (χ2n) is 7.51. The van der Waals surface area contributed by atoms with Crippen molar-refractivity contribution in [3.8, 4) is 0 Å². The third-order valence-corrected chi connectivity index (χ3v) is 5.23. The summed E-state index contributed by atoms with van der Waals surface area (Å²) < 4.78 is 0. The minimum Gasteiger partial charge on any atom is -0.507 e. The van der Waals surface area contributed by atoms with Crippen LogP contribution in [0.2, 0.25) is 0 Å². The molecule has 0 radical (unpaired) electrons. The monoisotopic (exact) mass is 403 g/mol. The number of aliphatic hydroxyl groups is 1. The Labute approximate surface area is 183 Å². The molecular weight excluding hydrogens is 378 g/mol. The number of benzene rings is 3. The molecule has 4 rings (SSSR count). The fraction of sp³-hybridized carbons (Fsp3) is 0.0345. The SMILES string of the molecule is C=C(/C=C/c1c[nH]c2cccc(C)c12)/C=C(\C=C(/O)c1ccccc1)c1ccccc1. The van der Waals surface area contributed by atoms with Crippen LogP contribution in [0.1, 0.15) is 22.3 Å². The van der Waals surface area contributed by atoms with Crippen LogP contribution in [0.3, 0.4) is 0 Å². The van der Waals surface area contributed by atoms with E-state index in [1.54, 1.807) is 6.08 Å². The zero-order chi connectivity index (χ0) is 21.6.